The fourth-order valence-corrected chi connectivity index (χ4v) is 5.16. The fraction of sp³-hybridized carbons (Fsp3) is 0.464. The van der Waals surface area contributed by atoms with Gasteiger partial charge in [0.25, 0.3) is 5.56 Å². The van der Waals surface area contributed by atoms with Crippen molar-refractivity contribution in [3.05, 3.63) is 74.3 Å². The Labute approximate surface area is 226 Å². The minimum absolute atomic E-state index is 0.0550. The third kappa shape index (κ3) is 7.10. The summed E-state index contributed by atoms with van der Waals surface area (Å²) < 4.78 is 8.06. The van der Waals surface area contributed by atoms with Crippen LogP contribution in [0.4, 0.5) is 5.69 Å². The van der Waals surface area contributed by atoms with E-state index in [0.717, 1.165) is 48.0 Å². The smallest absolute Gasteiger partial charge is 0.335 e. The number of hydrogen-bond acceptors (Lipinski definition) is 5. The van der Waals surface area contributed by atoms with Crippen LogP contribution in [0.15, 0.2) is 57.6 Å². The van der Waals surface area contributed by atoms with Crippen LogP contribution in [0.25, 0.3) is 0 Å². The largest absolute Gasteiger partial charge is 0.462 e. The van der Waals surface area contributed by atoms with Crippen molar-refractivity contribution in [3.63, 3.8) is 0 Å². The van der Waals surface area contributed by atoms with Crippen LogP contribution in [-0.2, 0) is 16.6 Å². The molecule has 1 aliphatic heterocycles. The van der Waals surface area contributed by atoms with Crippen molar-refractivity contribution < 1.29 is 9.53 Å². The number of pyridine rings is 1. The molecule has 0 radical (unpaired) electrons. The van der Waals surface area contributed by atoms with Crippen LogP contribution >= 0.6 is 27.5 Å². The number of rotatable bonds is 10. The number of aryl methyl sites for hydroxylation is 2. The molecule has 0 bridgehead atoms. The lowest BCUT2D eigenvalue weighted by atomic mass is 9.94. The van der Waals surface area contributed by atoms with Crippen LogP contribution in [0.3, 0.4) is 0 Å². The van der Waals surface area contributed by atoms with Crippen LogP contribution in [-0.4, -0.2) is 21.8 Å². The van der Waals surface area contributed by atoms with Crippen molar-refractivity contribution in [1.82, 2.24) is 4.57 Å². The van der Waals surface area contributed by atoms with Crippen LogP contribution in [0, 0.1) is 12.8 Å². The lowest BCUT2D eigenvalue weighted by Gasteiger charge is -2.24. The molecule has 1 aliphatic rings. The minimum atomic E-state index is -0.458. The van der Waals surface area contributed by atoms with Crippen molar-refractivity contribution in [2.75, 3.05) is 11.9 Å². The molecule has 1 N–H and O–H groups in total. The van der Waals surface area contributed by atoms with Gasteiger partial charge in [0.05, 0.1) is 34.2 Å². The topological polar surface area (TPSA) is 72.7 Å². The number of anilines is 1. The lowest BCUT2D eigenvalue weighted by Crippen LogP contribution is -2.22. The lowest BCUT2D eigenvalue weighted by molar-refractivity contribution is -0.139. The Morgan fingerprint density at radius 2 is 2.00 bits per heavy atom. The molecule has 2 heterocycles. The van der Waals surface area contributed by atoms with Crippen molar-refractivity contribution in [3.8, 4) is 0 Å². The van der Waals surface area contributed by atoms with Crippen molar-refractivity contribution in [2.24, 2.45) is 18.0 Å². The van der Waals surface area contributed by atoms with Gasteiger partial charge in [0.15, 0.2) is 0 Å². The summed E-state index contributed by atoms with van der Waals surface area (Å²) in [6, 6.07) is 8.87. The summed E-state index contributed by atoms with van der Waals surface area (Å²) in [5.74, 6) is -0.0892. The highest BCUT2D eigenvalue weighted by atomic mass is 79.9. The maximum absolute atomic E-state index is 13.3. The predicted molar refractivity (Wildman–Crippen MR) is 151 cm³/mol. The molecule has 6 nitrogen and oxygen atoms in total. The molecule has 0 saturated heterocycles. The number of benzene rings is 1. The molecule has 36 heavy (non-hydrogen) atoms. The number of halogens is 2. The van der Waals surface area contributed by atoms with Gasteiger partial charge < -0.3 is 14.6 Å². The Morgan fingerprint density at radius 3 is 2.64 bits per heavy atom. The molecule has 1 aromatic carbocycles. The van der Waals surface area contributed by atoms with Gasteiger partial charge in [-0.15, -0.1) is 0 Å². The zero-order valence-corrected chi connectivity index (χ0v) is 23.8. The van der Waals surface area contributed by atoms with Gasteiger partial charge in [-0.2, -0.15) is 0 Å². The molecule has 0 spiro atoms. The summed E-state index contributed by atoms with van der Waals surface area (Å²) in [7, 11) is 1.73. The highest BCUT2D eigenvalue weighted by Crippen LogP contribution is 2.37. The van der Waals surface area contributed by atoms with Crippen molar-refractivity contribution >= 4 is 43.8 Å². The maximum Gasteiger partial charge on any atom is 0.335 e. The molecule has 1 aromatic heterocycles. The average Bonchev–Trinajstić information content (AvgIpc) is 3.01. The van der Waals surface area contributed by atoms with Crippen molar-refractivity contribution in [1.29, 1.82) is 0 Å². The van der Waals surface area contributed by atoms with E-state index < -0.39 is 6.04 Å². The number of carbonyl (C=O) groups excluding carboxylic acids is 1. The molecule has 0 aliphatic carbocycles. The summed E-state index contributed by atoms with van der Waals surface area (Å²) in [4.78, 5) is 30.6. The Balaban J connectivity index is 2.16. The van der Waals surface area contributed by atoms with Crippen LogP contribution < -0.4 is 10.9 Å². The van der Waals surface area contributed by atoms with E-state index in [1.165, 1.54) is 0 Å². The summed E-state index contributed by atoms with van der Waals surface area (Å²) >= 11 is 9.92. The third-order valence-corrected chi connectivity index (χ3v) is 7.46. The van der Waals surface area contributed by atoms with E-state index in [4.69, 9.17) is 21.3 Å². The van der Waals surface area contributed by atoms with Crippen molar-refractivity contribution in [2.45, 2.75) is 65.3 Å². The SMILES string of the molecule is CCCCOC(=O)C1=C(C(Nc2cc(C)c(=O)n(C)c2)c2ccc(Cl)cc2)N=C(Br)C(CCC)CC1. The molecule has 0 fully saturated rings. The molecule has 0 amide bonds. The first-order chi connectivity index (χ1) is 17.2. The molecule has 2 aromatic rings. The highest BCUT2D eigenvalue weighted by molar-refractivity contribution is 9.18. The second kappa shape index (κ2) is 13.2. The number of nitrogens with one attached hydrogen (secondary N) is 1. The highest BCUT2D eigenvalue weighted by Gasteiger charge is 2.30. The first kappa shape index (κ1) is 28.2. The van der Waals surface area contributed by atoms with Crippen LogP contribution in [0.1, 0.15) is 69.5 Å². The summed E-state index contributed by atoms with van der Waals surface area (Å²) in [5.41, 5.74) is 3.42. The standard InChI is InChI=1S/C28H35BrClN3O3/c1-5-7-15-36-28(35)23-14-11-20(8-6-2)26(29)32-25(23)24(19-9-12-21(30)13-10-19)31-22-16-18(3)27(34)33(4)17-22/h9-10,12-13,16-17,20,24,31H,5-8,11,14-15H2,1-4H3. The quantitative estimate of drug-likeness (QED) is 0.242. The molecule has 3 rings (SSSR count). The Bertz CT molecular complexity index is 1160. The number of hydrogen-bond donors (Lipinski definition) is 1. The second-order valence-electron chi connectivity index (χ2n) is 9.27. The van der Waals surface area contributed by atoms with E-state index >= 15 is 0 Å². The van der Waals surface area contributed by atoms with E-state index in [2.05, 4.69) is 35.1 Å². The van der Waals surface area contributed by atoms with Gasteiger partial charge in [-0.3, -0.25) is 4.79 Å². The number of nitrogens with zero attached hydrogens (tertiary/aromatic N) is 2. The molecular formula is C28H35BrClN3O3. The van der Waals surface area contributed by atoms with Gasteiger partial charge >= 0.3 is 5.97 Å². The fourth-order valence-electron chi connectivity index (χ4n) is 4.38. The predicted octanol–water partition coefficient (Wildman–Crippen LogP) is 7.10. The summed E-state index contributed by atoms with van der Waals surface area (Å²) in [6.07, 6.45) is 6.91. The maximum atomic E-state index is 13.3. The first-order valence-electron chi connectivity index (χ1n) is 12.6. The van der Waals surface area contributed by atoms with Gasteiger partial charge in [0.1, 0.15) is 0 Å². The van der Waals surface area contributed by atoms with Gasteiger partial charge in [0, 0.05) is 29.7 Å². The number of aliphatic imine (C=N–C) groups is 1. The first-order valence-corrected chi connectivity index (χ1v) is 13.8. The molecule has 2 unspecified atom stereocenters. The molecular weight excluding hydrogens is 542 g/mol. The monoisotopic (exact) mass is 575 g/mol. The van der Waals surface area contributed by atoms with Gasteiger partial charge in [-0.05, 0) is 72.3 Å². The van der Waals surface area contributed by atoms with E-state index in [0.29, 0.717) is 34.9 Å². The van der Waals surface area contributed by atoms with Crippen LogP contribution in [0.2, 0.25) is 5.02 Å². The third-order valence-electron chi connectivity index (χ3n) is 6.38. The molecule has 0 saturated carbocycles. The minimum Gasteiger partial charge on any atom is -0.462 e. The van der Waals surface area contributed by atoms with Gasteiger partial charge in [-0.25, -0.2) is 9.79 Å². The Kier molecular flexibility index (Phi) is 10.4. The second-order valence-corrected chi connectivity index (χ2v) is 10.5. The van der Waals surface area contributed by atoms with E-state index in [9.17, 15) is 9.59 Å². The number of esters is 1. The van der Waals surface area contributed by atoms with Crippen LogP contribution in [0.5, 0.6) is 0 Å². The van der Waals surface area contributed by atoms with Gasteiger partial charge in [-0.1, -0.05) is 50.4 Å². The number of ether oxygens (including phenoxy) is 1. The number of aromatic nitrogens is 1. The zero-order valence-electron chi connectivity index (χ0n) is 21.4. The summed E-state index contributed by atoms with van der Waals surface area (Å²) in [6.45, 7) is 6.39. The molecule has 2 atom stereocenters. The summed E-state index contributed by atoms with van der Waals surface area (Å²) in [5, 5.41) is 4.17. The average molecular weight is 577 g/mol. The van der Waals surface area contributed by atoms with E-state index in [1.807, 2.05) is 30.3 Å². The molecule has 194 valence electrons. The van der Waals surface area contributed by atoms with Gasteiger partial charge in [0.2, 0.25) is 0 Å². The zero-order chi connectivity index (χ0) is 26.2. The Hall–Kier alpha value is -2.38. The normalized spacial score (nSPS) is 16.8. The van der Waals surface area contributed by atoms with E-state index in [-0.39, 0.29) is 17.4 Å². The number of unbranched alkanes of at least 4 members (excludes halogenated alkanes) is 1. The number of carbonyl (C=O) groups is 1. The Morgan fingerprint density at radius 1 is 1.28 bits per heavy atom. The molecule has 8 heteroatoms. The van der Waals surface area contributed by atoms with E-state index in [1.54, 1.807) is 24.7 Å².